The Morgan fingerprint density at radius 1 is 1.19 bits per heavy atom. The number of aliphatic hydroxyl groups is 1. The van der Waals surface area contributed by atoms with Crippen molar-refractivity contribution in [2.24, 2.45) is 0 Å². The van der Waals surface area contributed by atoms with Gasteiger partial charge in [0.25, 0.3) is 0 Å². The SMILES string of the molecule is CCn1nc(C)c(Cl)c1CC(O)c1c(C)cc(C)cc1C. The largest absolute Gasteiger partial charge is 0.388 e. The second-order valence-electron chi connectivity index (χ2n) is 5.69. The van der Waals surface area contributed by atoms with Crippen molar-refractivity contribution in [3.63, 3.8) is 0 Å². The van der Waals surface area contributed by atoms with E-state index in [-0.39, 0.29) is 0 Å². The molecular weight excluding hydrogens is 284 g/mol. The van der Waals surface area contributed by atoms with Crippen molar-refractivity contribution >= 4 is 11.6 Å². The van der Waals surface area contributed by atoms with Crippen LogP contribution in [0, 0.1) is 27.7 Å². The van der Waals surface area contributed by atoms with Crippen LogP contribution in [0.25, 0.3) is 0 Å². The Morgan fingerprint density at radius 2 is 1.76 bits per heavy atom. The van der Waals surface area contributed by atoms with E-state index in [0.717, 1.165) is 34.6 Å². The lowest BCUT2D eigenvalue weighted by Crippen LogP contribution is -2.11. The Kier molecular flexibility index (Phi) is 4.74. The van der Waals surface area contributed by atoms with E-state index in [2.05, 4.69) is 24.2 Å². The Bertz CT molecular complexity index is 638. The summed E-state index contributed by atoms with van der Waals surface area (Å²) in [5.74, 6) is 0. The number of aryl methyl sites for hydroxylation is 5. The zero-order valence-corrected chi connectivity index (χ0v) is 14.1. The van der Waals surface area contributed by atoms with Gasteiger partial charge >= 0.3 is 0 Å². The summed E-state index contributed by atoms with van der Waals surface area (Å²) in [6.07, 6.45) is -0.0809. The fourth-order valence-electron chi connectivity index (χ4n) is 3.07. The predicted molar refractivity (Wildman–Crippen MR) is 87.0 cm³/mol. The molecule has 0 amide bonds. The van der Waals surface area contributed by atoms with E-state index in [1.165, 1.54) is 5.56 Å². The molecule has 0 spiro atoms. The zero-order valence-electron chi connectivity index (χ0n) is 13.4. The number of aliphatic hydroxyl groups excluding tert-OH is 1. The van der Waals surface area contributed by atoms with E-state index in [9.17, 15) is 5.11 Å². The van der Waals surface area contributed by atoms with E-state index in [0.29, 0.717) is 11.4 Å². The Morgan fingerprint density at radius 3 is 2.29 bits per heavy atom. The summed E-state index contributed by atoms with van der Waals surface area (Å²) in [5.41, 5.74) is 6.18. The molecule has 0 aliphatic rings. The number of benzene rings is 1. The van der Waals surface area contributed by atoms with E-state index < -0.39 is 6.10 Å². The Labute approximate surface area is 131 Å². The van der Waals surface area contributed by atoms with Gasteiger partial charge in [-0.05, 0) is 51.3 Å². The molecule has 0 saturated heterocycles. The summed E-state index contributed by atoms with van der Waals surface area (Å²) in [6.45, 7) is 10.8. The van der Waals surface area contributed by atoms with Gasteiger partial charge in [-0.2, -0.15) is 5.10 Å². The van der Waals surface area contributed by atoms with Gasteiger partial charge in [0, 0.05) is 13.0 Å². The smallest absolute Gasteiger partial charge is 0.0851 e. The molecule has 1 aromatic carbocycles. The van der Waals surface area contributed by atoms with Crippen LogP contribution >= 0.6 is 11.6 Å². The van der Waals surface area contributed by atoms with Crippen molar-refractivity contribution in [1.82, 2.24) is 9.78 Å². The molecule has 4 heteroatoms. The van der Waals surface area contributed by atoms with Crippen molar-refractivity contribution in [3.8, 4) is 0 Å². The lowest BCUT2D eigenvalue weighted by molar-refractivity contribution is 0.174. The van der Waals surface area contributed by atoms with Gasteiger partial charge in [-0.15, -0.1) is 0 Å². The topological polar surface area (TPSA) is 38.0 Å². The van der Waals surface area contributed by atoms with Crippen LogP contribution in [0.15, 0.2) is 12.1 Å². The average Bonchev–Trinajstić information content (AvgIpc) is 2.65. The maximum absolute atomic E-state index is 10.7. The van der Waals surface area contributed by atoms with Gasteiger partial charge in [-0.25, -0.2) is 0 Å². The molecule has 0 fully saturated rings. The number of nitrogens with zero attached hydrogens (tertiary/aromatic N) is 2. The van der Waals surface area contributed by atoms with Gasteiger partial charge in [0.05, 0.1) is 22.5 Å². The van der Waals surface area contributed by atoms with Crippen LogP contribution in [0.2, 0.25) is 5.02 Å². The van der Waals surface area contributed by atoms with Crippen molar-refractivity contribution in [2.75, 3.05) is 0 Å². The highest BCUT2D eigenvalue weighted by Crippen LogP contribution is 2.29. The van der Waals surface area contributed by atoms with Crippen LogP contribution < -0.4 is 0 Å². The molecule has 1 unspecified atom stereocenters. The first-order chi connectivity index (χ1) is 9.85. The average molecular weight is 307 g/mol. The van der Waals surface area contributed by atoms with Crippen molar-refractivity contribution in [1.29, 1.82) is 0 Å². The summed E-state index contributed by atoms with van der Waals surface area (Å²) < 4.78 is 1.87. The number of hydrogen-bond acceptors (Lipinski definition) is 2. The molecule has 0 radical (unpaired) electrons. The highest BCUT2D eigenvalue weighted by molar-refractivity contribution is 6.31. The maximum atomic E-state index is 10.7. The standard InChI is InChI=1S/C17H23ClN2O/c1-6-20-14(17(18)13(5)19-20)9-15(21)16-11(3)7-10(2)8-12(16)4/h7-8,15,21H,6,9H2,1-5H3. The van der Waals surface area contributed by atoms with E-state index in [1.807, 2.05) is 32.4 Å². The molecule has 2 aromatic rings. The lowest BCUT2D eigenvalue weighted by Gasteiger charge is -2.18. The third-order valence-corrected chi connectivity index (χ3v) is 4.40. The number of halogens is 1. The van der Waals surface area contributed by atoms with E-state index >= 15 is 0 Å². The maximum Gasteiger partial charge on any atom is 0.0851 e. The van der Waals surface area contributed by atoms with E-state index in [1.54, 1.807) is 0 Å². The lowest BCUT2D eigenvalue weighted by atomic mass is 9.93. The van der Waals surface area contributed by atoms with Crippen molar-refractivity contribution in [3.05, 3.63) is 50.8 Å². The van der Waals surface area contributed by atoms with Gasteiger partial charge < -0.3 is 5.11 Å². The first-order valence-corrected chi connectivity index (χ1v) is 7.70. The summed E-state index contributed by atoms with van der Waals surface area (Å²) in [5, 5.41) is 15.8. The molecule has 3 nitrogen and oxygen atoms in total. The number of aromatic nitrogens is 2. The summed E-state index contributed by atoms with van der Waals surface area (Å²) in [6, 6.07) is 4.21. The normalized spacial score (nSPS) is 12.7. The third kappa shape index (κ3) is 3.14. The Hall–Kier alpha value is -1.32. The summed E-state index contributed by atoms with van der Waals surface area (Å²) in [4.78, 5) is 0. The first-order valence-electron chi connectivity index (χ1n) is 7.32. The molecule has 1 aromatic heterocycles. The minimum atomic E-state index is -0.565. The third-order valence-electron chi connectivity index (χ3n) is 3.91. The van der Waals surface area contributed by atoms with Gasteiger partial charge in [0.1, 0.15) is 0 Å². The van der Waals surface area contributed by atoms with Crippen LogP contribution in [0.4, 0.5) is 0 Å². The summed E-state index contributed by atoms with van der Waals surface area (Å²) in [7, 11) is 0. The highest BCUT2D eigenvalue weighted by Gasteiger charge is 2.20. The molecule has 114 valence electrons. The molecular formula is C17H23ClN2O. The molecule has 1 heterocycles. The molecule has 0 aliphatic heterocycles. The van der Waals surface area contributed by atoms with Crippen molar-refractivity contribution < 1.29 is 5.11 Å². The van der Waals surface area contributed by atoms with Crippen LogP contribution in [-0.4, -0.2) is 14.9 Å². The fourth-order valence-corrected chi connectivity index (χ4v) is 3.28. The van der Waals surface area contributed by atoms with Crippen molar-refractivity contribution in [2.45, 2.75) is 53.7 Å². The predicted octanol–water partition coefficient (Wildman–Crippen LogP) is 4.07. The monoisotopic (exact) mass is 306 g/mol. The number of hydrogen-bond donors (Lipinski definition) is 1. The van der Waals surface area contributed by atoms with Crippen LogP contribution in [0.3, 0.4) is 0 Å². The van der Waals surface area contributed by atoms with Gasteiger partial charge in [-0.3, -0.25) is 4.68 Å². The van der Waals surface area contributed by atoms with Gasteiger partial charge in [0.15, 0.2) is 0 Å². The molecule has 0 saturated carbocycles. The molecule has 1 atom stereocenters. The zero-order chi connectivity index (χ0) is 15.7. The second-order valence-corrected chi connectivity index (χ2v) is 6.07. The Balaban J connectivity index is 2.37. The molecule has 1 N–H and O–H groups in total. The second kappa shape index (κ2) is 6.20. The van der Waals surface area contributed by atoms with E-state index in [4.69, 9.17) is 11.6 Å². The summed E-state index contributed by atoms with van der Waals surface area (Å²) >= 11 is 6.33. The first kappa shape index (κ1) is 16.1. The highest BCUT2D eigenvalue weighted by atomic mass is 35.5. The minimum absolute atomic E-state index is 0.484. The molecule has 2 rings (SSSR count). The minimum Gasteiger partial charge on any atom is -0.388 e. The van der Waals surface area contributed by atoms with Crippen LogP contribution in [0.5, 0.6) is 0 Å². The fraction of sp³-hybridized carbons (Fsp3) is 0.471. The van der Waals surface area contributed by atoms with Crippen LogP contribution in [-0.2, 0) is 13.0 Å². The van der Waals surface area contributed by atoms with Gasteiger partial charge in [0.2, 0.25) is 0 Å². The quantitative estimate of drug-likeness (QED) is 0.925. The number of rotatable bonds is 4. The molecule has 0 bridgehead atoms. The molecule has 0 aliphatic carbocycles. The van der Waals surface area contributed by atoms with Crippen LogP contribution in [0.1, 0.15) is 46.7 Å². The van der Waals surface area contributed by atoms with Gasteiger partial charge in [-0.1, -0.05) is 29.3 Å². The molecule has 21 heavy (non-hydrogen) atoms.